The molecule has 0 aromatic heterocycles. The lowest BCUT2D eigenvalue weighted by molar-refractivity contribution is -0.138. The van der Waals surface area contributed by atoms with Gasteiger partial charge in [-0.2, -0.15) is 0 Å². The van der Waals surface area contributed by atoms with Crippen molar-refractivity contribution >= 4 is 11.8 Å². The van der Waals surface area contributed by atoms with Crippen molar-refractivity contribution in [3.63, 3.8) is 0 Å². The molecule has 4 N–H and O–H groups in total. The van der Waals surface area contributed by atoms with Crippen molar-refractivity contribution in [1.29, 1.82) is 0 Å². The highest BCUT2D eigenvalue weighted by atomic mass is 16.5. The zero-order valence-corrected chi connectivity index (χ0v) is 24.4. The molecular weight excluding hydrogens is 536 g/mol. The zero-order chi connectivity index (χ0) is 29.8. The molecule has 2 aromatic carbocycles. The first-order valence-corrected chi connectivity index (χ1v) is 15.0. The second-order valence-corrected chi connectivity index (χ2v) is 11.7. The number of nitrogens with zero attached hydrogens (tertiary/aromatic N) is 1. The first-order valence-electron chi connectivity index (χ1n) is 15.0. The number of methoxy groups -OCH3 is 1. The van der Waals surface area contributed by atoms with Crippen molar-refractivity contribution in [2.75, 3.05) is 20.3 Å². The molecule has 9 nitrogen and oxygen atoms in total. The van der Waals surface area contributed by atoms with Crippen LogP contribution in [0.3, 0.4) is 0 Å². The van der Waals surface area contributed by atoms with Crippen LogP contribution in [-0.4, -0.2) is 70.5 Å². The number of amides is 2. The van der Waals surface area contributed by atoms with E-state index in [1.165, 1.54) is 20.0 Å². The Kier molecular flexibility index (Phi) is 9.50. The lowest BCUT2D eigenvalue weighted by atomic mass is 9.77. The Labute approximate surface area is 247 Å². The molecule has 9 heteroatoms. The highest BCUT2D eigenvalue weighted by Gasteiger charge is 2.51. The third-order valence-electron chi connectivity index (χ3n) is 8.89. The van der Waals surface area contributed by atoms with Crippen LogP contribution in [0.25, 0.3) is 0 Å². The van der Waals surface area contributed by atoms with Gasteiger partial charge in [0.1, 0.15) is 12.2 Å². The van der Waals surface area contributed by atoms with Crippen LogP contribution in [0, 0.1) is 12.8 Å². The Morgan fingerprint density at radius 2 is 1.83 bits per heavy atom. The van der Waals surface area contributed by atoms with Crippen molar-refractivity contribution in [3.05, 3.63) is 70.3 Å². The van der Waals surface area contributed by atoms with Crippen molar-refractivity contribution in [3.8, 4) is 11.5 Å². The van der Waals surface area contributed by atoms with Gasteiger partial charge in [-0.25, -0.2) is 0 Å². The summed E-state index contributed by atoms with van der Waals surface area (Å²) in [5.41, 5.74) is 3.59. The first-order chi connectivity index (χ1) is 20.3. The molecule has 1 aliphatic heterocycles. The minimum Gasteiger partial charge on any atom is -0.493 e. The third kappa shape index (κ3) is 6.19. The summed E-state index contributed by atoms with van der Waals surface area (Å²) < 4.78 is 11.9. The average molecular weight is 579 g/mol. The minimum absolute atomic E-state index is 0.0574. The van der Waals surface area contributed by atoms with Gasteiger partial charge in [-0.05, 0) is 48.6 Å². The summed E-state index contributed by atoms with van der Waals surface area (Å²) in [6, 6.07) is 10.6. The van der Waals surface area contributed by atoms with E-state index in [4.69, 9.17) is 9.47 Å². The Bertz CT molecular complexity index is 1300. The summed E-state index contributed by atoms with van der Waals surface area (Å²) in [7, 11) is 1.50. The van der Waals surface area contributed by atoms with E-state index in [-0.39, 0.29) is 32.2 Å². The lowest BCUT2D eigenvalue weighted by Gasteiger charge is -2.41. The standard InChI is InChI=1S/C33H42N2O7/c1-20-7-9-22(10-8-20)18-35(28(38)12-11-21-5-3-4-6-21)26-17-25(33(40)34-13-14-36)29-24-15-23(19-37)16-27(41-2)31(24)42-32(29)30(26)39/h7-10,15-17,21,26,29-30,32,36-37,39H,3-6,11-14,18-19H2,1-2H3,(H,34,40)/t26-,29+,30+,32+/m1/s1. The van der Waals surface area contributed by atoms with Crippen LogP contribution in [0.15, 0.2) is 48.0 Å². The number of fused-ring (bicyclic) bond motifs is 3. The van der Waals surface area contributed by atoms with Crippen LogP contribution in [0.5, 0.6) is 11.5 Å². The first kappa shape index (κ1) is 30.1. The summed E-state index contributed by atoms with van der Waals surface area (Å²) >= 11 is 0. The highest BCUT2D eigenvalue weighted by Crippen LogP contribution is 2.51. The van der Waals surface area contributed by atoms with E-state index in [1.807, 2.05) is 31.2 Å². The molecule has 1 saturated carbocycles. The summed E-state index contributed by atoms with van der Waals surface area (Å²) in [4.78, 5) is 29.2. The normalized spacial score (nSPS) is 23.0. The number of aliphatic hydroxyl groups excluding tert-OH is 3. The maximum Gasteiger partial charge on any atom is 0.247 e. The van der Waals surface area contributed by atoms with Gasteiger partial charge in [0.05, 0.1) is 32.3 Å². The number of ether oxygens (including phenoxy) is 2. The quantitative estimate of drug-likeness (QED) is 0.323. The number of aryl methyl sites for hydroxylation is 1. The Morgan fingerprint density at radius 3 is 2.50 bits per heavy atom. The van der Waals surface area contributed by atoms with Crippen molar-refractivity contribution in [2.45, 2.75) is 82.8 Å². The van der Waals surface area contributed by atoms with E-state index in [0.29, 0.717) is 40.5 Å². The number of hydrogen-bond acceptors (Lipinski definition) is 7. The predicted octanol–water partition coefficient (Wildman–Crippen LogP) is 3.12. The smallest absolute Gasteiger partial charge is 0.247 e. The molecule has 0 saturated heterocycles. The van der Waals surface area contributed by atoms with Gasteiger partial charge in [0, 0.05) is 30.6 Å². The number of nitrogens with one attached hydrogen (secondary N) is 1. The van der Waals surface area contributed by atoms with Gasteiger partial charge >= 0.3 is 0 Å². The fraction of sp³-hybridized carbons (Fsp3) is 0.515. The van der Waals surface area contributed by atoms with Crippen LogP contribution in [0.2, 0.25) is 0 Å². The molecule has 0 spiro atoms. The van der Waals surface area contributed by atoms with Crippen LogP contribution in [0.1, 0.15) is 66.7 Å². The Morgan fingerprint density at radius 1 is 1.10 bits per heavy atom. The molecule has 3 aliphatic rings. The van der Waals surface area contributed by atoms with Gasteiger partial charge in [-0.15, -0.1) is 0 Å². The Hall–Kier alpha value is -3.40. The molecule has 42 heavy (non-hydrogen) atoms. The number of benzene rings is 2. The van der Waals surface area contributed by atoms with Gasteiger partial charge in [0.15, 0.2) is 11.5 Å². The molecule has 2 amide bonds. The average Bonchev–Trinajstić information content (AvgIpc) is 3.67. The fourth-order valence-electron chi connectivity index (χ4n) is 6.64. The molecule has 0 unspecified atom stereocenters. The molecule has 226 valence electrons. The van der Waals surface area contributed by atoms with Crippen LogP contribution >= 0.6 is 0 Å². The summed E-state index contributed by atoms with van der Waals surface area (Å²) in [5.74, 6) is 0.200. The van der Waals surface area contributed by atoms with Gasteiger partial charge in [0.25, 0.3) is 0 Å². The van der Waals surface area contributed by atoms with Crippen molar-refractivity contribution in [2.24, 2.45) is 5.92 Å². The molecule has 1 fully saturated rings. The van der Waals surface area contributed by atoms with Gasteiger partial charge < -0.3 is 35.0 Å². The van der Waals surface area contributed by atoms with Crippen molar-refractivity contribution < 1.29 is 34.4 Å². The maximum absolute atomic E-state index is 13.9. The van der Waals surface area contributed by atoms with Crippen molar-refractivity contribution in [1.82, 2.24) is 10.2 Å². The van der Waals surface area contributed by atoms with Crippen LogP contribution in [0.4, 0.5) is 0 Å². The van der Waals surface area contributed by atoms with E-state index in [9.17, 15) is 24.9 Å². The molecule has 5 rings (SSSR count). The van der Waals surface area contributed by atoms with Crippen LogP contribution in [-0.2, 0) is 22.7 Å². The third-order valence-corrected chi connectivity index (χ3v) is 8.89. The number of hydrogen-bond donors (Lipinski definition) is 4. The lowest BCUT2D eigenvalue weighted by Crippen LogP contribution is -2.55. The summed E-state index contributed by atoms with van der Waals surface area (Å²) in [6.45, 7) is 1.87. The van der Waals surface area contributed by atoms with E-state index < -0.39 is 30.1 Å². The summed E-state index contributed by atoms with van der Waals surface area (Å²) in [5, 5.41) is 33.9. The van der Waals surface area contributed by atoms with E-state index in [2.05, 4.69) is 5.32 Å². The fourth-order valence-corrected chi connectivity index (χ4v) is 6.64. The molecule has 1 heterocycles. The SMILES string of the molecule is COc1cc(CO)cc2c1O[C@@H]1[C@@H](O)[C@H](N(Cc3ccc(C)cc3)C(=O)CCC3CCCC3)C=C(C(=O)NCCO)[C@H]21. The topological polar surface area (TPSA) is 129 Å². The van der Waals surface area contributed by atoms with E-state index in [1.54, 1.807) is 23.1 Å². The van der Waals surface area contributed by atoms with Gasteiger partial charge in [-0.1, -0.05) is 55.5 Å². The van der Waals surface area contributed by atoms with Crippen LogP contribution < -0.4 is 14.8 Å². The maximum atomic E-state index is 13.9. The molecule has 0 bridgehead atoms. The second kappa shape index (κ2) is 13.3. The number of aliphatic hydroxyl groups is 3. The monoisotopic (exact) mass is 578 g/mol. The largest absolute Gasteiger partial charge is 0.493 e. The molecule has 0 radical (unpaired) electrons. The van der Waals surface area contributed by atoms with Gasteiger partial charge in [0.2, 0.25) is 11.8 Å². The second-order valence-electron chi connectivity index (χ2n) is 11.7. The number of carbonyl (C=O) groups is 2. The van der Waals surface area contributed by atoms with E-state index in [0.717, 1.165) is 30.4 Å². The Balaban J connectivity index is 1.54. The molecule has 2 aromatic rings. The minimum atomic E-state index is -1.14. The molecular formula is C33H42N2O7. The molecule has 2 aliphatic carbocycles. The number of carbonyl (C=O) groups excluding carboxylic acids is 2. The van der Waals surface area contributed by atoms with Gasteiger partial charge in [-0.3, -0.25) is 9.59 Å². The highest BCUT2D eigenvalue weighted by molar-refractivity contribution is 5.96. The molecule has 4 atom stereocenters. The number of rotatable bonds is 11. The zero-order valence-electron chi connectivity index (χ0n) is 24.4. The van der Waals surface area contributed by atoms with E-state index >= 15 is 0 Å². The summed E-state index contributed by atoms with van der Waals surface area (Å²) in [6.07, 6.45) is 5.53. The predicted molar refractivity (Wildman–Crippen MR) is 157 cm³/mol.